The van der Waals surface area contributed by atoms with Crippen molar-refractivity contribution in [3.63, 3.8) is 0 Å². The molecular weight excluding hydrogens is 318 g/mol. The van der Waals surface area contributed by atoms with Crippen molar-refractivity contribution in [3.8, 4) is 5.75 Å². The zero-order chi connectivity index (χ0) is 18.2. The van der Waals surface area contributed by atoms with Gasteiger partial charge in [-0.2, -0.15) is 0 Å². The SMILES string of the molecule is CCOc1ccccc1C(=O)OCC(=O)Nc1ccc(C(C)C)cc1. The first kappa shape index (κ1) is 18.5. The minimum Gasteiger partial charge on any atom is -0.493 e. The Kier molecular flexibility index (Phi) is 6.57. The molecule has 0 unspecified atom stereocenters. The molecule has 0 saturated heterocycles. The molecule has 132 valence electrons. The van der Waals surface area contributed by atoms with Crippen LogP contribution in [0.4, 0.5) is 5.69 Å². The van der Waals surface area contributed by atoms with Gasteiger partial charge in [-0.1, -0.05) is 38.1 Å². The Morgan fingerprint density at radius 3 is 2.36 bits per heavy atom. The van der Waals surface area contributed by atoms with Crippen LogP contribution in [-0.2, 0) is 9.53 Å². The lowest BCUT2D eigenvalue weighted by atomic mass is 10.0. The second kappa shape index (κ2) is 8.87. The van der Waals surface area contributed by atoms with Crippen LogP contribution in [0, 0.1) is 0 Å². The van der Waals surface area contributed by atoms with Gasteiger partial charge >= 0.3 is 5.97 Å². The second-order valence-electron chi connectivity index (χ2n) is 5.83. The molecule has 25 heavy (non-hydrogen) atoms. The predicted octanol–water partition coefficient (Wildman–Crippen LogP) is 4.00. The first-order chi connectivity index (χ1) is 12.0. The van der Waals surface area contributed by atoms with E-state index in [2.05, 4.69) is 19.2 Å². The number of hydrogen-bond donors (Lipinski definition) is 1. The monoisotopic (exact) mass is 341 g/mol. The fraction of sp³-hybridized carbons (Fsp3) is 0.300. The Bertz CT molecular complexity index is 723. The standard InChI is InChI=1S/C20H23NO4/c1-4-24-18-8-6-5-7-17(18)20(23)25-13-19(22)21-16-11-9-15(10-12-16)14(2)3/h5-12,14H,4,13H2,1-3H3,(H,21,22). The Morgan fingerprint density at radius 1 is 1.04 bits per heavy atom. The summed E-state index contributed by atoms with van der Waals surface area (Å²) in [5, 5.41) is 2.71. The molecule has 0 saturated carbocycles. The molecule has 0 heterocycles. The van der Waals surface area contributed by atoms with Crippen molar-refractivity contribution in [2.24, 2.45) is 0 Å². The van der Waals surface area contributed by atoms with Crippen molar-refractivity contribution in [2.45, 2.75) is 26.7 Å². The van der Waals surface area contributed by atoms with Crippen LogP contribution in [-0.4, -0.2) is 25.1 Å². The summed E-state index contributed by atoms with van der Waals surface area (Å²) in [4.78, 5) is 24.1. The normalized spacial score (nSPS) is 10.4. The number of hydrogen-bond acceptors (Lipinski definition) is 4. The molecule has 0 aliphatic rings. The van der Waals surface area contributed by atoms with Crippen LogP contribution in [0.3, 0.4) is 0 Å². The summed E-state index contributed by atoms with van der Waals surface area (Å²) in [6.07, 6.45) is 0. The summed E-state index contributed by atoms with van der Waals surface area (Å²) in [7, 11) is 0. The molecule has 5 heteroatoms. The van der Waals surface area contributed by atoms with E-state index in [1.54, 1.807) is 24.3 Å². The third-order valence-electron chi connectivity index (χ3n) is 3.60. The molecule has 0 bridgehead atoms. The summed E-state index contributed by atoms with van der Waals surface area (Å²) in [6, 6.07) is 14.4. The molecule has 0 aliphatic heterocycles. The maximum Gasteiger partial charge on any atom is 0.342 e. The van der Waals surface area contributed by atoms with Gasteiger partial charge in [0.25, 0.3) is 5.91 Å². The number of anilines is 1. The van der Waals surface area contributed by atoms with Gasteiger partial charge in [0, 0.05) is 5.69 Å². The summed E-state index contributed by atoms with van der Waals surface area (Å²) < 4.78 is 10.5. The first-order valence-corrected chi connectivity index (χ1v) is 8.30. The quantitative estimate of drug-likeness (QED) is 0.773. The van der Waals surface area contributed by atoms with Gasteiger partial charge in [-0.3, -0.25) is 4.79 Å². The van der Waals surface area contributed by atoms with Crippen molar-refractivity contribution in [1.82, 2.24) is 0 Å². The zero-order valence-corrected chi connectivity index (χ0v) is 14.7. The number of carbonyl (C=O) groups excluding carboxylic acids is 2. The van der Waals surface area contributed by atoms with Crippen LogP contribution < -0.4 is 10.1 Å². The molecule has 0 fully saturated rings. The molecule has 0 aromatic heterocycles. The van der Waals surface area contributed by atoms with E-state index in [-0.39, 0.29) is 12.5 Å². The Morgan fingerprint density at radius 2 is 1.72 bits per heavy atom. The average Bonchev–Trinajstić information content (AvgIpc) is 2.61. The lowest BCUT2D eigenvalue weighted by Gasteiger charge is -2.11. The number of ether oxygens (including phenoxy) is 2. The van der Waals surface area contributed by atoms with Gasteiger partial charge < -0.3 is 14.8 Å². The van der Waals surface area contributed by atoms with E-state index in [0.717, 1.165) is 0 Å². The van der Waals surface area contributed by atoms with E-state index in [0.29, 0.717) is 29.5 Å². The predicted molar refractivity (Wildman–Crippen MR) is 97.1 cm³/mol. The van der Waals surface area contributed by atoms with E-state index >= 15 is 0 Å². The van der Waals surface area contributed by atoms with E-state index in [1.807, 2.05) is 31.2 Å². The highest BCUT2D eigenvalue weighted by Crippen LogP contribution is 2.19. The van der Waals surface area contributed by atoms with Crippen LogP contribution in [0.2, 0.25) is 0 Å². The molecule has 0 atom stereocenters. The average molecular weight is 341 g/mol. The van der Waals surface area contributed by atoms with Crippen LogP contribution >= 0.6 is 0 Å². The summed E-state index contributed by atoms with van der Waals surface area (Å²) in [5.74, 6) is -0.107. The number of rotatable bonds is 7. The topological polar surface area (TPSA) is 64.6 Å². The van der Waals surface area contributed by atoms with E-state index < -0.39 is 5.97 Å². The minimum atomic E-state index is -0.589. The molecule has 0 spiro atoms. The maximum absolute atomic E-state index is 12.1. The summed E-state index contributed by atoms with van der Waals surface area (Å²) >= 11 is 0. The number of esters is 1. The molecule has 1 amide bonds. The van der Waals surface area contributed by atoms with Crippen LogP contribution in [0.1, 0.15) is 42.6 Å². The van der Waals surface area contributed by atoms with E-state index in [9.17, 15) is 9.59 Å². The molecule has 2 aromatic rings. The molecule has 0 aliphatic carbocycles. The molecule has 0 radical (unpaired) electrons. The van der Waals surface area contributed by atoms with Gasteiger partial charge in [0.15, 0.2) is 6.61 Å². The van der Waals surface area contributed by atoms with Gasteiger partial charge in [-0.05, 0) is 42.7 Å². The highest BCUT2D eigenvalue weighted by atomic mass is 16.5. The van der Waals surface area contributed by atoms with Crippen molar-refractivity contribution in [3.05, 3.63) is 59.7 Å². The number of benzene rings is 2. The van der Waals surface area contributed by atoms with Crippen molar-refractivity contribution in [2.75, 3.05) is 18.5 Å². The first-order valence-electron chi connectivity index (χ1n) is 8.30. The number of amides is 1. The molecule has 2 rings (SSSR count). The highest BCUT2D eigenvalue weighted by molar-refractivity contribution is 5.96. The smallest absolute Gasteiger partial charge is 0.342 e. The van der Waals surface area contributed by atoms with Gasteiger partial charge in [0.1, 0.15) is 11.3 Å². The summed E-state index contributed by atoms with van der Waals surface area (Å²) in [5.41, 5.74) is 2.16. The Balaban J connectivity index is 1.90. The minimum absolute atomic E-state index is 0.304. The third-order valence-corrected chi connectivity index (χ3v) is 3.60. The van der Waals surface area contributed by atoms with E-state index in [1.165, 1.54) is 5.56 Å². The third kappa shape index (κ3) is 5.35. The lowest BCUT2D eigenvalue weighted by molar-refractivity contribution is -0.119. The molecule has 2 aromatic carbocycles. The lowest BCUT2D eigenvalue weighted by Crippen LogP contribution is -2.21. The van der Waals surface area contributed by atoms with Crippen molar-refractivity contribution < 1.29 is 19.1 Å². The number of para-hydroxylation sites is 1. The summed E-state index contributed by atoms with van der Waals surface area (Å²) in [6.45, 7) is 6.13. The fourth-order valence-corrected chi connectivity index (χ4v) is 2.27. The van der Waals surface area contributed by atoms with Crippen LogP contribution in [0.5, 0.6) is 5.75 Å². The largest absolute Gasteiger partial charge is 0.493 e. The van der Waals surface area contributed by atoms with Gasteiger partial charge in [0.2, 0.25) is 0 Å². The maximum atomic E-state index is 12.1. The Labute approximate surface area is 148 Å². The van der Waals surface area contributed by atoms with Crippen LogP contribution in [0.25, 0.3) is 0 Å². The highest BCUT2D eigenvalue weighted by Gasteiger charge is 2.15. The van der Waals surface area contributed by atoms with Crippen molar-refractivity contribution in [1.29, 1.82) is 0 Å². The zero-order valence-electron chi connectivity index (χ0n) is 14.7. The molecular formula is C20H23NO4. The van der Waals surface area contributed by atoms with Gasteiger partial charge in [-0.15, -0.1) is 0 Å². The Hall–Kier alpha value is -2.82. The molecule has 5 nitrogen and oxygen atoms in total. The second-order valence-corrected chi connectivity index (χ2v) is 5.83. The van der Waals surface area contributed by atoms with Crippen LogP contribution in [0.15, 0.2) is 48.5 Å². The van der Waals surface area contributed by atoms with Gasteiger partial charge in [0.05, 0.1) is 6.61 Å². The van der Waals surface area contributed by atoms with Crippen molar-refractivity contribution >= 4 is 17.6 Å². The number of nitrogens with one attached hydrogen (secondary N) is 1. The number of carbonyl (C=O) groups is 2. The van der Waals surface area contributed by atoms with E-state index in [4.69, 9.17) is 9.47 Å². The van der Waals surface area contributed by atoms with Gasteiger partial charge in [-0.25, -0.2) is 4.79 Å². The fourth-order valence-electron chi connectivity index (χ4n) is 2.27. The molecule has 1 N–H and O–H groups in total.